The molecule has 27 heavy (non-hydrogen) atoms. The van der Waals surface area contributed by atoms with Gasteiger partial charge in [-0.3, -0.25) is 0 Å². The van der Waals surface area contributed by atoms with E-state index in [1.807, 2.05) is 0 Å². The van der Waals surface area contributed by atoms with Crippen LogP contribution in [0, 0.1) is 0 Å². The van der Waals surface area contributed by atoms with Crippen molar-refractivity contribution in [2.24, 2.45) is 0 Å². The minimum absolute atomic E-state index is 1.11. The highest BCUT2D eigenvalue weighted by atomic mass is 79.9. The minimum Gasteiger partial charge on any atom is -0.0616 e. The number of rotatable bonds is 0. The Labute approximate surface area is 165 Å². The molecule has 0 aliphatic heterocycles. The number of hydrogen-bond donors (Lipinski definition) is 0. The minimum atomic E-state index is 1.11. The lowest BCUT2D eigenvalue weighted by atomic mass is 9.87. The van der Waals surface area contributed by atoms with Crippen molar-refractivity contribution in [3.8, 4) is 0 Å². The lowest BCUT2D eigenvalue weighted by molar-refractivity contribution is 1.74. The molecule has 0 saturated carbocycles. The number of fused-ring (bicyclic) bond motifs is 11. The first kappa shape index (κ1) is 15.2. The second-order valence-electron chi connectivity index (χ2n) is 7.08. The summed E-state index contributed by atoms with van der Waals surface area (Å²) in [6.45, 7) is 0. The van der Waals surface area contributed by atoms with E-state index in [4.69, 9.17) is 0 Å². The topological polar surface area (TPSA) is 0 Å². The summed E-state index contributed by atoms with van der Waals surface area (Å²) < 4.78 is 1.11. The summed E-state index contributed by atoms with van der Waals surface area (Å²) in [6.07, 6.45) is 0. The molecule has 0 N–H and O–H groups in total. The molecule has 0 radical (unpaired) electrons. The zero-order valence-electron chi connectivity index (χ0n) is 14.5. The van der Waals surface area contributed by atoms with Crippen LogP contribution in [0.4, 0.5) is 0 Å². The van der Waals surface area contributed by atoms with Crippen molar-refractivity contribution < 1.29 is 0 Å². The molecule has 0 saturated heterocycles. The Bertz CT molecular complexity index is 1510. The normalized spacial score (nSPS) is 11.9. The molecule has 126 valence electrons. The molecule has 0 unspecified atom stereocenters. The predicted molar refractivity (Wildman–Crippen MR) is 122 cm³/mol. The van der Waals surface area contributed by atoms with Gasteiger partial charge in [-0.1, -0.05) is 94.8 Å². The first-order valence-electron chi connectivity index (χ1n) is 9.16. The molecule has 0 nitrogen and oxygen atoms in total. The van der Waals surface area contributed by atoms with Crippen LogP contribution in [0.25, 0.3) is 53.9 Å². The van der Waals surface area contributed by atoms with Crippen LogP contribution in [0.1, 0.15) is 0 Å². The van der Waals surface area contributed by atoms with E-state index in [0.29, 0.717) is 0 Å². The van der Waals surface area contributed by atoms with Gasteiger partial charge < -0.3 is 0 Å². The standard InChI is InChI=1S/C26H15Br/c27-16-13-14-20-19-9-3-5-11-22(19)25-21-10-4-1-7-17(21)18-8-2-6-12-23(18)26(25)24(20)15-16/h1-15H. The summed E-state index contributed by atoms with van der Waals surface area (Å²) >= 11 is 3.70. The van der Waals surface area contributed by atoms with Crippen molar-refractivity contribution in [2.45, 2.75) is 0 Å². The Balaban J connectivity index is 2.13. The van der Waals surface area contributed by atoms with E-state index in [0.717, 1.165) is 4.47 Å². The summed E-state index contributed by atoms with van der Waals surface area (Å²) in [7, 11) is 0. The van der Waals surface area contributed by atoms with Gasteiger partial charge in [0.05, 0.1) is 0 Å². The summed E-state index contributed by atoms with van der Waals surface area (Å²) in [5.41, 5.74) is 0. The van der Waals surface area contributed by atoms with Crippen LogP contribution < -0.4 is 0 Å². The molecule has 0 bridgehead atoms. The van der Waals surface area contributed by atoms with Gasteiger partial charge in [0.1, 0.15) is 0 Å². The maximum Gasteiger partial charge on any atom is 0.0181 e. The monoisotopic (exact) mass is 406 g/mol. The van der Waals surface area contributed by atoms with Crippen molar-refractivity contribution in [3.63, 3.8) is 0 Å². The van der Waals surface area contributed by atoms with Gasteiger partial charge in [0, 0.05) is 4.47 Å². The van der Waals surface area contributed by atoms with Crippen molar-refractivity contribution in [1.29, 1.82) is 0 Å². The Hall–Kier alpha value is -2.90. The lowest BCUT2D eigenvalue weighted by Crippen LogP contribution is -1.88. The van der Waals surface area contributed by atoms with E-state index in [-0.39, 0.29) is 0 Å². The Morgan fingerprint density at radius 2 is 0.741 bits per heavy atom. The van der Waals surface area contributed by atoms with Crippen molar-refractivity contribution in [2.75, 3.05) is 0 Å². The quantitative estimate of drug-likeness (QED) is 0.223. The second kappa shape index (κ2) is 5.55. The highest BCUT2D eigenvalue weighted by molar-refractivity contribution is 9.10. The zero-order valence-corrected chi connectivity index (χ0v) is 16.1. The Kier molecular flexibility index (Phi) is 3.12. The van der Waals surface area contributed by atoms with Crippen molar-refractivity contribution in [1.82, 2.24) is 0 Å². The first-order valence-corrected chi connectivity index (χ1v) is 9.95. The summed E-state index contributed by atoms with van der Waals surface area (Å²) in [5.74, 6) is 0. The van der Waals surface area contributed by atoms with Crippen molar-refractivity contribution in [3.05, 3.63) is 95.5 Å². The second-order valence-corrected chi connectivity index (χ2v) is 7.99. The molecule has 0 aromatic heterocycles. The van der Waals surface area contributed by atoms with E-state index in [9.17, 15) is 0 Å². The van der Waals surface area contributed by atoms with Crippen LogP contribution in [0.5, 0.6) is 0 Å². The number of halogens is 1. The van der Waals surface area contributed by atoms with Crippen LogP contribution in [0.15, 0.2) is 95.5 Å². The maximum absolute atomic E-state index is 3.70. The third-order valence-electron chi connectivity index (χ3n) is 5.67. The van der Waals surface area contributed by atoms with Gasteiger partial charge in [0.15, 0.2) is 0 Å². The van der Waals surface area contributed by atoms with E-state index in [1.54, 1.807) is 0 Å². The van der Waals surface area contributed by atoms with E-state index >= 15 is 0 Å². The van der Waals surface area contributed by atoms with Gasteiger partial charge in [-0.15, -0.1) is 0 Å². The van der Waals surface area contributed by atoms with Gasteiger partial charge in [-0.05, 0) is 66.0 Å². The number of benzene rings is 6. The molecule has 0 atom stereocenters. The molecule has 0 aliphatic carbocycles. The highest BCUT2D eigenvalue weighted by Gasteiger charge is 2.15. The van der Waals surface area contributed by atoms with Gasteiger partial charge >= 0.3 is 0 Å². The Morgan fingerprint density at radius 3 is 1.22 bits per heavy atom. The molecule has 0 amide bonds. The van der Waals surface area contributed by atoms with Gasteiger partial charge in [-0.25, -0.2) is 0 Å². The molecule has 0 spiro atoms. The highest BCUT2D eigenvalue weighted by Crippen LogP contribution is 2.44. The van der Waals surface area contributed by atoms with Crippen LogP contribution >= 0.6 is 15.9 Å². The zero-order chi connectivity index (χ0) is 18.0. The molecular formula is C26H15Br. The van der Waals surface area contributed by atoms with Crippen molar-refractivity contribution >= 4 is 69.8 Å². The van der Waals surface area contributed by atoms with Gasteiger partial charge in [0.25, 0.3) is 0 Å². The lowest BCUT2D eigenvalue weighted by Gasteiger charge is -2.16. The molecule has 6 rings (SSSR count). The number of hydrogen-bond acceptors (Lipinski definition) is 0. The SMILES string of the molecule is Brc1ccc2c3ccccc3c3c4ccccc4c4ccccc4c3c2c1. The smallest absolute Gasteiger partial charge is 0.0181 e. The average molecular weight is 407 g/mol. The largest absolute Gasteiger partial charge is 0.0616 e. The summed E-state index contributed by atoms with van der Waals surface area (Å²) in [5, 5.41) is 13.2. The van der Waals surface area contributed by atoms with E-state index < -0.39 is 0 Å². The molecule has 6 aromatic rings. The van der Waals surface area contributed by atoms with Crippen LogP contribution in [0.2, 0.25) is 0 Å². The van der Waals surface area contributed by atoms with Gasteiger partial charge in [-0.2, -0.15) is 0 Å². The third-order valence-corrected chi connectivity index (χ3v) is 6.16. The van der Waals surface area contributed by atoms with E-state index in [2.05, 4.69) is 107 Å². The van der Waals surface area contributed by atoms with E-state index in [1.165, 1.54) is 53.9 Å². The molecule has 0 fully saturated rings. The average Bonchev–Trinajstić information content (AvgIpc) is 2.73. The fourth-order valence-corrected chi connectivity index (χ4v) is 4.96. The summed E-state index contributed by atoms with van der Waals surface area (Å²) in [6, 6.07) is 33.0. The molecular weight excluding hydrogens is 392 g/mol. The third kappa shape index (κ3) is 2.03. The molecule has 1 heteroatoms. The Morgan fingerprint density at radius 1 is 0.370 bits per heavy atom. The predicted octanol–water partition coefficient (Wildman–Crippen LogP) is 8.22. The van der Waals surface area contributed by atoms with Crippen LogP contribution in [-0.2, 0) is 0 Å². The van der Waals surface area contributed by atoms with Crippen LogP contribution in [0.3, 0.4) is 0 Å². The first-order chi connectivity index (χ1) is 13.3. The molecule has 6 aromatic carbocycles. The molecule has 0 aliphatic rings. The summed E-state index contributed by atoms with van der Waals surface area (Å²) in [4.78, 5) is 0. The van der Waals surface area contributed by atoms with Crippen LogP contribution in [-0.4, -0.2) is 0 Å². The van der Waals surface area contributed by atoms with Gasteiger partial charge in [0.2, 0.25) is 0 Å². The fraction of sp³-hybridized carbons (Fsp3) is 0. The molecule has 0 heterocycles. The maximum atomic E-state index is 3.70. The fourth-order valence-electron chi connectivity index (χ4n) is 4.59.